The number of carbonyl (C=O) groups excluding carboxylic acids is 1. The highest BCUT2D eigenvalue weighted by Crippen LogP contribution is 2.35. The first-order valence-corrected chi connectivity index (χ1v) is 16.9. The van der Waals surface area contributed by atoms with Gasteiger partial charge in [-0.2, -0.15) is 0 Å². The third kappa shape index (κ3) is 9.32. The fourth-order valence-corrected chi connectivity index (χ4v) is 6.87. The number of rotatable bonds is 13. The molecule has 1 aromatic carbocycles. The van der Waals surface area contributed by atoms with Crippen molar-refractivity contribution in [2.75, 3.05) is 26.4 Å². The number of aliphatic hydroxyl groups excluding tert-OH is 6. The lowest BCUT2D eigenvalue weighted by atomic mass is 9.85. The van der Waals surface area contributed by atoms with Gasteiger partial charge in [0.15, 0.2) is 24.8 Å². The number of carboxylic acids is 1. The Morgan fingerprint density at radius 2 is 1.51 bits per heavy atom. The molecule has 0 aromatic heterocycles. The molecule has 0 radical (unpaired) electrons. The van der Waals surface area contributed by atoms with Gasteiger partial charge in [0, 0.05) is 6.61 Å². The third-order valence-corrected chi connectivity index (χ3v) is 9.62. The molecule has 16 nitrogen and oxygen atoms in total. The number of esters is 1. The van der Waals surface area contributed by atoms with Crippen LogP contribution < -0.4 is 0 Å². The van der Waals surface area contributed by atoms with E-state index in [1.165, 1.54) is 12.1 Å². The summed E-state index contributed by atoms with van der Waals surface area (Å²) < 4.78 is 41.3. The molecule has 7 N–H and O–H groups in total. The van der Waals surface area contributed by atoms with Gasteiger partial charge < -0.3 is 68.9 Å². The SMILES string of the molecule is O=C(O[C@H]1[C@H](O[C@@H]2CCO[C@H](CO)[C@H]2O[C@@H]2OC[C@@H](O)[C@@H](O)[C@@H]2O)O[C@H](CO)[C@H](O)[C@@H]1O[C@@H](CC1CCCCC1)C(=O)O)c1ccccc1. The molecule has 4 fully saturated rings. The van der Waals surface area contributed by atoms with Crippen molar-refractivity contribution in [2.45, 2.75) is 125 Å². The average Bonchev–Trinajstić information content (AvgIpc) is 3.11. The van der Waals surface area contributed by atoms with Gasteiger partial charge in [-0.3, -0.25) is 0 Å². The van der Waals surface area contributed by atoms with Crippen LogP contribution in [0.5, 0.6) is 0 Å². The first kappa shape index (κ1) is 37.9. The predicted octanol–water partition coefficient (Wildman–Crippen LogP) is -0.910. The number of ether oxygens (including phenoxy) is 7. The van der Waals surface area contributed by atoms with Gasteiger partial charge in [0.05, 0.1) is 31.5 Å². The van der Waals surface area contributed by atoms with E-state index < -0.39 is 105 Å². The van der Waals surface area contributed by atoms with E-state index in [0.717, 1.165) is 32.1 Å². The number of aliphatic carboxylic acids is 1. The molecule has 3 heterocycles. The fourth-order valence-electron chi connectivity index (χ4n) is 6.87. The molecular weight excluding hydrogens is 652 g/mol. The standard InChI is InChI=1S/C33H48O16/c34-14-22-25(38)28(45-21(30(40)41)13-17-7-3-1-4-8-17)29(48-31(42)18-9-5-2-6-10-18)33(47-22)46-20-11-12-43-23(15-35)27(20)49-32-26(39)24(37)19(36)16-44-32/h2,5-6,9-10,17,19-29,32-39H,1,3-4,7-8,11-16H2,(H,40,41)/t19-,20-,21+,22-,23-,24-,25+,26+,27+,28+,29-,32+,33-/m1/s1. The second-order valence-corrected chi connectivity index (χ2v) is 13.0. The normalized spacial score (nSPS) is 38.1. The topological polar surface area (TPSA) is 240 Å². The number of carbonyl (C=O) groups is 2. The van der Waals surface area contributed by atoms with Crippen LogP contribution in [0, 0.1) is 5.92 Å². The Morgan fingerprint density at radius 3 is 2.18 bits per heavy atom. The van der Waals surface area contributed by atoms with Crippen molar-refractivity contribution in [2.24, 2.45) is 5.92 Å². The van der Waals surface area contributed by atoms with Gasteiger partial charge in [-0.15, -0.1) is 0 Å². The molecule has 3 saturated heterocycles. The maximum Gasteiger partial charge on any atom is 0.338 e. The van der Waals surface area contributed by atoms with Crippen LogP contribution in [0.1, 0.15) is 55.3 Å². The molecule has 49 heavy (non-hydrogen) atoms. The third-order valence-electron chi connectivity index (χ3n) is 9.62. The largest absolute Gasteiger partial charge is 0.479 e. The van der Waals surface area contributed by atoms with Gasteiger partial charge >= 0.3 is 11.9 Å². The smallest absolute Gasteiger partial charge is 0.338 e. The molecule has 0 unspecified atom stereocenters. The highest BCUT2D eigenvalue weighted by molar-refractivity contribution is 5.89. The summed E-state index contributed by atoms with van der Waals surface area (Å²) in [5.74, 6) is -2.03. The van der Waals surface area contributed by atoms with Gasteiger partial charge in [0.25, 0.3) is 0 Å². The van der Waals surface area contributed by atoms with Crippen molar-refractivity contribution in [1.82, 2.24) is 0 Å². The van der Waals surface area contributed by atoms with Crippen LogP contribution in [-0.2, 0) is 38.0 Å². The lowest BCUT2D eigenvalue weighted by Gasteiger charge is -2.47. The van der Waals surface area contributed by atoms with Crippen LogP contribution in [0.3, 0.4) is 0 Å². The van der Waals surface area contributed by atoms with E-state index in [1.54, 1.807) is 18.2 Å². The van der Waals surface area contributed by atoms with E-state index in [4.69, 9.17) is 33.2 Å². The zero-order valence-corrected chi connectivity index (χ0v) is 27.1. The Morgan fingerprint density at radius 1 is 0.796 bits per heavy atom. The summed E-state index contributed by atoms with van der Waals surface area (Å²) in [4.78, 5) is 25.9. The molecule has 1 aromatic rings. The first-order chi connectivity index (χ1) is 23.6. The Hall–Kier alpha value is -2.32. The van der Waals surface area contributed by atoms with Crippen molar-refractivity contribution in [3.05, 3.63) is 35.9 Å². The monoisotopic (exact) mass is 700 g/mol. The number of benzene rings is 1. The maximum absolute atomic E-state index is 13.4. The second kappa shape index (κ2) is 17.7. The highest BCUT2D eigenvalue weighted by Gasteiger charge is 2.53. The maximum atomic E-state index is 13.4. The average molecular weight is 701 g/mol. The van der Waals surface area contributed by atoms with E-state index in [1.807, 2.05) is 0 Å². The van der Waals surface area contributed by atoms with Gasteiger partial charge in [-0.05, 0) is 30.9 Å². The van der Waals surface area contributed by atoms with Crippen LogP contribution in [0.2, 0.25) is 0 Å². The molecule has 1 saturated carbocycles. The molecule has 13 atom stereocenters. The van der Waals surface area contributed by atoms with Crippen LogP contribution in [0.4, 0.5) is 0 Å². The second-order valence-electron chi connectivity index (χ2n) is 13.0. The summed E-state index contributed by atoms with van der Waals surface area (Å²) in [7, 11) is 0. The van der Waals surface area contributed by atoms with Crippen LogP contribution in [-0.4, -0.2) is 154 Å². The molecule has 0 amide bonds. The number of carboxylic acid groups (broad SMARTS) is 1. The van der Waals surface area contributed by atoms with Crippen LogP contribution >= 0.6 is 0 Å². The minimum atomic E-state index is -1.67. The van der Waals surface area contributed by atoms with Crippen molar-refractivity contribution in [3.63, 3.8) is 0 Å². The summed E-state index contributed by atoms with van der Waals surface area (Å²) in [5.41, 5.74) is 0.146. The van der Waals surface area contributed by atoms with E-state index in [-0.39, 0.29) is 37.5 Å². The zero-order chi connectivity index (χ0) is 35.1. The number of aliphatic hydroxyl groups is 6. The highest BCUT2D eigenvalue weighted by atomic mass is 16.8. The van der Waals surface area contributed by atoms with Crippen molar-refractivity contribution in [1.29, 1.82) is 0 Å². The van der Waals surface area contributed by atoms with Gasteiger partial charge in [0.1, 0.15) is 48.8 Å². The molecule has 1 aliphatic carbocycles. The molecule has 16 heteroatoms. The number of hydrogen-bond donors (Lipinski definition) is 7. The van der Waals surface area contributed by atoms with Crippen LogP contribution in [0.15, 0.2) is 30.3 Å². The van der Waals surface area contributed by atoms with E-state index in [0.29, 0.717) is 0 Å². The molecule has 5 rings (SSSR count). The number of hydrogen-bond acceptors (Lipinski definition) is 15. The zero-order valence-electron chi connectivity index (χ0n) is 27.1. The minimum Gasteiger partial charge on any atom is -0.479 e. The van der Waals surface area contributed by atoms with E-state index >= 15 is 0 Å². The van der Waals surface area contributed by atoms with Crippen LogP contribution in [0.25, 0.3) is 0 Å². The Balaban J connectivity index is 1.43. The molecule has 3 aliphatic heterocycles. The quantitative estimate of drug-likeness (QED) is 0.123. The molecule has 0 bridgehead atoms. The van der Waals surface area contributed by atoms with Crippen molar-refractivity contribution in [3.8, 4) is 0 Å². The van der Waals surface area contributed by atoms with Gasteiger partial charge in [0.2, 0.25) is 0 Å². The van der Waals surface area contributed by atoms with Crippen molar-refractivity contribution >= 4 is 11.9 Å². The Labute approximate surface area is 283 Å². The summed E-state index contributed by atoms with van der Waals surface area (Å²) in [6, 6.07) is 7.94. The molecule has 276 valence electrons. The summed E-state index contributed by atoms with van der Waals surface area (Å²) in [6.45, 7) is -1.56. The van der Waals surface area contributed by atoms with Crippen molar-refractivity contribution < 1.29 is 78.5 Å². The molecular formula is C33H48O16. The van der Waals surface area contributed by atoms with E-state index in [2.05, 4.69) is 0 Å². The summed E-state index contributed by atoms with van der Waals surface area (Å²) in [6.07, 6.45) is -13.4. The fraction of sp³-hybridized carbons (Fsp3) is 0.758. The minimum absolute atomic E-state index is 0.0703. The molecule has 4 aliphatic rings. The first-order valence-electron chi connectivity index (χ1n) is 16.9. The summed E-state index contributed by atoms with van der Waals surface area (Å²) in [5, 5.41) is 72.4. The Bertz CT molecular complexity index is 1180. The van der Waals surface area contributed by atoms with Gasteiger partial charge in [-0.25, -0.2) is 9.59 Å². The Kier molecular flexibility index (Phi) is 13.7. The van der Waals surface area contributed by atoms with E-state index in [9.17, 15) is 45.3 Å². The lowest BCUT2D eigenvalue weighted by Crippen LogP contribution is -2.64. The predicted molar refractivity (Wildman–Crippen MR) is 164 cm³/mol. The molecule has 0 spiro atoms. The lowest BCUT2D eigenvalue weighted by molar-refractivity contribution is -0.350. The van der Waals surface area contributed by atoms with Gasteiger partial charge in [-0.1, -0.05) is 50.3 Å². The summed E-state index contributed by atoms with van der Waals surface area (Å²) >= 11 is 0.